The van der Waals surface area contributed by atoms with Crippen LogP contribution in [0.5, 0.6) is 0 Å². The molecule has 7 heteroatoms. The van der Waals surface area contributed by atoms with Crippen molar-refractivity contribution in [3.63, 3.8) is 0 Å². The lowest BCUT2D eigenvalue weighted by Gasteiger charge is -2.10. The predicted octanol–water partition coefficient (Wildman–Crippen LogP) is 3.85. The van der Waals surface area contributed by atoms with Gasteiger partial charge in [-0.25, -0.2) is 4.79 Å². The number of carbonyl (C=O) groups excluding carboxylic acids is 2. The third kappa shape index (κ3) is 5.15. The van der Waals surface area contributed by atoms with E-state index in [2.05, 4.69) is 16.0 Å². The van der Waals surface area contributed by atoms with E-state index in [4.69, 9.17) is 23.2 Å². The van der Waals surface area contributed by atoms with Gasteiger partial charge in [-0.15, -0.1) is 0 Å². The maximum Gasteiger partial charge on any atom is 0.319 e. The van der Waals surface area contributed by atoms with Crippen LogP contribution in [0.3, 0.4) is 0 Å². The number of halogens is 2. The van der Waals surface area contributed by atoms with Gasteiger partial charge in [-0.2, -0.15) is 0 Å². The van der Waals surface area contributed by atoms with E-state index in [0.29, 0.717) is 28.7 Å². The quantitative estimate of drug-likeness (QED) is 0.704. The minimum absolute atomic E-state index is 0.283. The van der Waals surface area contributed by atoms with E-state index in [1.165, 1.54) is 6.07 Å². The molecule has 2 aromatic rings. The van der Waals surface area contributed by atoms with Gasteiger partial charge in [0.05, 0.1) is 10.0 Å². The lowest BCUT2D eigenvalue weighted by molar-refractivity contribution is 0.0954. The first kappa shape index (κ1) is 18.1. The van der Waals surface area contributed by atoms with Gasteiger partial charge in [-0.3, -0.25) is 4.79 Å². The number of rotatable bonds is 5. The van der Waals surface area contributed by atoms with Crippen molar-refractivity contribution in [1.29, 1.82) is 0 Å². The summed E-state index contributed by atoms with van der Waals surface area (Å²) in [5.74, 6) is -0.283. The molecule has 0 heterocycles. The molecule has 126 valence electrons. The molecule has 24 heavy (non-hydrogen) atoms. The lowest BCUT2D eigenvalue weighted by atomic mass is 10.2. The molecule has 0 aliphatic heterocycles. The SMILES string of the molecule is Cc1ccccc1NC(=O)NCCNC(=O)c1ccc(Cl)c(Cl)c1. The number of para-hydroxylation sites is 1. The van der Waals surface area contributed by atoms with Crippen molar-refractivity contribution >= 4 is 40.8 Å². The summed E-state index contributed by atoms with van der Waals surface area (Å²) in [5, 5.41) is 8.83. The smallest absolute Gasteiger partial charge is 0.319 e. The first-order chi connectivity index (χ1) is 11.5. The summed E-state index contributed by atoms with van der Waals surface area (Å²) in [5.41, 5.74) is 2.13. The Labute approximate surface area is 150 Å². The van der Waals surface area contributed by atoms with Crippen molar-refractivity contribution in [2.45, 2.75) is 6.92 Å². The zero-order chi connectivity index (χ0) is 17.5. The summed E-state index contributed by atoms with van der Waals surface area (Å²) in [6, 6.07) is 11.8. The van der Waals surface area contributed by atoms with E-state index >= 15 is 0 Å². The normalized spacial score (nSPS) is 10.1. The monoisotopic (exact) mass is 365 g/mol. The molecule has 0 bridgehead atoms. The molecule has 0 radical (unpaired) electrons. The van der Waals surface area contributed by atoms with Crippen molar-refractivity contribution in [2.24, 2.45) is 0 Å². The molecule has 3 amide bonds. The largest absolute Gasteiger partial charge is 0.350 e. The van der Waals surface area contributed by atoms with Crippen LogP contribution in [-0.4, -0.2) is 25.0 Å². The summed E-state index contributed by atoms with van der Waals surface area (Å²) in [6.07, 6.45) is 0. The number of aryl methyl sites for hydroxylation is 1. The zero-order valence-corrected chi connectivity index (χ0v) is 14.5. The van der Waals surface area contributed by atoms with Gasteiger partial charge in [0.25, 0.3) is 5.91 Å². The van der Waals surface area contributed by atoms with Crippen molar-refractivity contribution in [3.05, 3.63) is 63.6 Å². The standard InChI is InChI=1S/C17H17Cl2N3O2/c1-11-4-2-3-5-15(11)22-17(24)21-9-8-20-16(23)12-6-7-13(18)14(19)10-12/h2-7,10H,8-9H2,1H3,(H,20,23)(H2,21,22,24). The summed E-state index contributed by atoms with van der Waals surface area (Å²) < 4.78 is 0. The Morgan fingerprint density at radius 3 is 2.38 bits per heavy atom. The highest BCUT2D eigenvalue weighted by atomic mass is 35.5. The molecule has 0 aromatic heterocycles. The van der Waals surface area contributed by atoms with Crippen LogP contribution in [0.25, 0.3) is 0 Å². The van der Waals surface area contributed by atoms with Gasteiger partial charge in [0.15, 0.2) is 0 Å². The number of anilines is 1. The molecule has 2 rings (SSSR count). The average Bonchev–Trinajstić information content (AvgIpc) is 2.56. The maximum atomic E-state index is 11.9. The summed E-state index contributed by atoms with van der Waals surface area (Å²) in [7, 11) is 0. The molecule has 0 saturated heterocycles. The zero-order valence-electron chi connectivity index (χ0n) is 13.0. The van der Waals surface area contributed by atoms with Crippen LogP contribution in [-0.2, 0) is 0 Å². The Bertz CT molecular complexity index is 750. The number of benzene rings is 2. The first-order valence-electron chi connectivity index (χ1n) is 7.31. The number of urea groups is 1. The fourth-order valence-corrected chi connectivity index (χ4v) is 2.27. The number of nitrogens with one attached hydrogen (secondary N) is 3. The van der Waals surface area contributed by atoms with Gasteiger partial charge in [0.1, 0.15) is 0 Å². The Hall–Kier alpha value is -2.24. The highest BCUT2D eigenvalue weighted by Gasteiger charge is 2.08. The lowest BCUT2D eigenvalue weighted by Crippen LogP contribution is -2.36. The van der Waals surface area contributed by atoms with E-state index in [1.54, 1.807) is 12.1 Å². The van der Waals surface area contributed by atoms with E-state index in [0.717, 1.165) is 11.3 Å². The van der Waals surface area contributed by atoms with Gasteiger partial charge in [0.2, 0.25) is 0 Å². The topological polar surface area (TPSA) is 70.2 Å². The molecular weight excluding hydrogens is 349 g/mol. The Morgan fingerprint density at radius 2 is 1.67 bits per heavy atom. The first-order valence-corrected chi connectivity index (χ1v) is 8.06. The van der Waals surface area contributed by atoms with Gasteiger partial charge in [-0.1, -0.05) is 41.4 Å². The van der Waals surface area contributed by atoms with E-state index in [1.807, 2.05) is 31.2 Å². The van der Waals surface area contributed by atoms with Crippen LogP contribution in [0.2, 0.25) is 10.0 Å². The number of hydrogen-bond acceptors (Lipinski definition) is 2. The minimum Gasteiger partial charge on any atom is -0.350 e. The molecule has 0 spiro atoms. The molecule has 0 unspecified atom stereocenters. The molecule has 5 nitrogen and oxygen atoms in total. The number of amides is 3. The van der Waals surface area contributed by atoms with Gasteiger partial charge in [-0.05, 0) is 36.8 Å². The molecular formula is C17H17Cl2N3O2. The molecule has 0 aliphatic carbocycles. The molecule has 0 aliphatic rings. The second-order valence-electron chi connectivity index (χ2n) is 5.08. The third-order valence-electron chi connectivity index (χ3n) is 3.27. The fraction of sp³-hybridized carbons (Fsp3) is 0.176. The Balaban J connectivity index is 1.74. The van der Waals surface area contributed by atoms with Crippen LogP contribution in [0.15, 0.2) is 42.5 Å². The highest BCUT2D eigenvalue weighted by Crippen LogP contribution is 2.22. The van der Waals surface area contributed by atoms with Crippen LogP contribution >= 0.6 is 23.2 Å². The second kappa shape index (κ2) is 8.57. The van der Waals surface area contributed by atoms with E-state index < -0.39 is 0 Å². The summed E-state index contributed by atoms with van der Waals surface area (Å²) >= 11 is 11.7. The van der Waals surface area contributed by atoms with Crippen LogP contribution in [0, 0.1) is 6.92 Å². The summed E-state index contributed by atoms with van der Waals surface area (Å²) in [6.45, 7) is 2.50. The third-order valence-corrected chi connectivity index (χ3v) is 4.01. The van der Waals surface area contributed by atoms with E-state index in [9.17, 15) is 9.59 Å². The number of carbonyl (C=O) groups is 2. The molecule has 0 saturated carbocycles. The minimum atomic E-state index is -0.326. The molecule has 0 fully saturated rings. The highest BCUT2D eigenvalue weighted by molar-refractivity contribution is 6.42. The van der Waals surface area contributed by atoms with Crippen molar-refractivity contribution in [2.75, 3.05) is 18.4 Å². The van der Waals surface area contributed by atoms with Crippen molar-refractivity contribution < 1.29 is 9.59 Å². The second-order valence-corrected chi connectivity index (χ2v) is 5.90. The summed E-state index contributed by atoms with van der Waals surface area (Å²) in [4.78, 5) is 23.7. The molecule has 3 N–H and O–H groups in total. The van der Waals surface area contributed by atoms with Gasteiger partial charge >= 0.3 is 6.03 Å². The van der Waals surface area contributed by atoms with Gasteiger partial charge in [0, 0.05) is 24.3 Å². The maximum absolute atomic E-state index is 11.9. The Kier molecular flexibility index (Phi) is 6.46. The fourth-order valence-electron chi connectivity index (χ4n) is 1.97. The Morgan fingerprint density at radius 1 is 0.958 bits per heavy atom. The molecule has 2 aromatic carbocycles. The van der Waals surface area contributed by atoms with Crippen LogP contribution in [0.1, 0.15) is 15.9 Å². The van der Waals surface area contributed by atoms with Crippen molar-refractivity contribution in [3.8, 4) is 0 Å². The van der Waals surface area contributed by atoms with Crippen molar-refractivity contribution in [1.82, 2.24) is 10.6 Å². The predicted molar refractivity (Wildman–Crippen MR) is 97.0 cm³/mol. The molecule has 0 atom stereocenters. The van der Waals surface area contributed by atoms with Crippen LogP contribution in [0.4, 0.5) is 10.5 Å². The number of hydrogen-bond donors (Lipinski definition) is 3. The van der Waals surface area contributed by atoms with Gasteiger partial charge < -0.3 is 16.0 Å². The average molecular weight is 366 g/mol. The van der Waals surface area contributed by atoms with E-state index in [-0.39, 0.29) is 11.9 Å². The van der Waals surface area contributed by atoms with Crippen LogP contribution < -0.4 is 16.0 Å².